The van der Waals surface area contributed by atoms with Crippen LogP contribution in [-0.2, 0) is 11.8 Å². The summed E-state index contributed by atoms with van der Waals surface area (Å²) in [5.74, 6) is -0.212. The zero-order valence-corrected chi connectivity index (χ0v) is 9.89. The molecule has 0 aliphatic heterocycles. The summed E-state index contributed by atoms with van der Waals surface area (Å²) < 4.78 is 1.50. The van der Waals surface area contributed by atoms with Crippen LogP contribution >= 0.6 is 0 Å². The first-order valence-corrected chi connectivity index (χ1v) is 5.84. The Labute approximate surface area is 99.2 Å². The lowest BCUT2D eigenvalue weighted by Gasteiger charge is -2.33. The van der Waals surface area contributed by atoms with Crippen molar-refractivity contribution in [3.8, 4) is 0 Å². The molecule has 0 unspecified atom stereocenters. The van der Waals surface area contributed by atoms with Crippen molar-refractivity contribution >= 4 is 11.9 Å². The molecule has 0 saturated heterocycles. The Morgan fingerprint density at radius 3 is 2.71 bits per heavy atom. The number of hydrogen-bond acceptors (Lipinski definition) is 5. The third-order valence-corrected chi connectivity index (χ3v) is 3.47. The van der Waals surface area contributed by atoms with Gasteiger partial charge in [-0.3, -0.25) is 4.79 Å². The molecular weight excluding hydrogens is 222 g/mol. The van der Waals surface area contributed by atoms with Gasteiger partial charge in [-0.2, -0.15) is 0 Å². The maximum absolute atomic E-state index is 11.4. The van der Waals surface area contributed by atoms with E-state index >= 15 is 0 Å². The van der Waals surface area contributed by atoms with E-state index in [-0.39, 0.29) is 0 Å². The molecule has 7 heteroatoms. The van der Waals surface area contributed by atoms with Gasteiger partial charge in [-0.05, 0) is 23.3 Å². The highest BCUT2D eigenvalue weighted by atomic mass is 16.4. The number of tetrazole rings is 1. The van der Waals surface area contributed by atoms with Gasteiger partial charge in [-0.25, -0.2) is 4.68 Å². The van der Waals surface area contributed by atoms with Crippen molar-refractivity contribution in [1.82, 2.24) is 20.2 Å². The van der Waals surface area contributed by atoms with E-state index in [1.165, 1.54) is 4.68 Å². The number of aryl methyl sites for hydroxylation is 1. The lowest BCUT2D eigenvalue weighted by Crippen LogP contribution is -2.40. The molecule has 0 spiro atoms. The van der Waals surface area contributed by atoms with Crippen molar-refractivity contribution < 1.29 is 9.90 Å². The van der Waals surface area contributed by atoms with Gasteiger partial charge in [0.1, 0.15) is 0 Å². The summed E-state index contributed by atoms with van der Waals surface area (Å²) in [6, 6.07) is 0. The molecule has 1 aliphatic carbocycles. The molecule has 7 nitrogen and oxygen atoms in total. The molecule has 94 valence electrons. The van der Waals surface area contributed by atoms with E-state index in [2.05, 4.69) is 20.8 Å². The Bertz CT molecular complexity index is 397. The van der Waals surface area contributed by atoms with E-state index in [1.54, 1.807) is 7.05 Å². The predicted molar refractivity (Wildman–Crippen MR) is 60.4 cm³/mol. The first kappa shape index (κ1) is 11.8. The topological polar surface area (TPSA) is 92.9 Å². The number of carbonyl (C=O) groups is 1. The minimum atomic E-state index is -0.722. The molecule has 2 rings (SSSR count). The van der Waals surface area contributed by atoms with Crippen LogP contribution in [0.25, 0.3) is 0 Å². The lowest BCUT2D eigenvalue weighted by atomic mass is 9.74. The Balaban J connectivity index is 2.03. The van der Waals surface area contributed by atoms with E-state index in [1.807, 2.05) is 0 Å². The molecule has 0 atom stereocenters. The molecule has 1 fully saturated rings. The molecule has 1 aromatic heterocycles. The first-order chi connectivity index (χ1) is 8.14. The van der Waals surface area contributed by atoms with Crippen LogP contribution in [0.3, 0.4) is 0 Å². The Kier molecular flexibility index (Phi) is 3.26. The third kappa shape index (κ3) is 2.37. The monoisotopic (exact) mass is 239 g/mol. The number of nitrogens with zero attached hydrogens (tertiary/aromatic N) is 4. The minimum Gasteiger partial charge on any atom is -0.481 e. The standard InChI is InChI=1S/C10H17N5O2/c1-15-9(12-13-14-15)11-7-10(8(16)17)5-3-2-4-6-10/h2-7H2,1H3,(H,16,17)(H,11,12,14). The van der Waals surface area contributed by atoms with Crippen molar-refractivity contribution in [1.29, 1.82) is 0 Å². The average molecular weight is 239 g/mol. The summed E-state index contributed by atoms with van der Waals surface area (Å²) in [5.41, 5.74) is -0.662. The second-order valence-electron chi connectivity index (χ2n) is 4.63. The molecule has 2 N–H and O–H groups in total. The van der Waals surface area contributed by atoms with Gasteiger partial charge in [-0.15, -0.1) is 0 Å². The fraction of sp³-hybridized carbons (Fsp3) is 0.800. The van der Waals surface area contributed by atoms with Gasteiger partial charge in [0, 0.05) is 13.6 Å². The number of nitrogens with one attached hydrogen (secondary N) is 1. The fourth-order valence-electron chi connectivity index (χ4n) is 2.32. The SMILES string of the molecule is Cn1nnnc1NCC1(C(=O)O)CCCCC1. The number of rotatable bonds is 4. The summed E-state index contributed by atoms with van der Waals surface area (Å²) in [7, 11) is 1.72. The summed E-state index contributed by atoms with van der Waals surface area (Å²) in [5, 5.41) is 23.4. The van der Waals surface area contributed by atoms with Crippen LogP contribution < -0.4 is 5.32 Å². The molecule has 0 bridgehead atoms. The molecule has 0 radical (unpaired) electrons. The number of aromatic nitrogens is 4. The average Bonchev–Trinajstić information content (AvgIpc) is 2.73. The van der Waals surface area contributed by atoms with Gasteiger partial charge in [-0.1, -0.05) is 24.4 Å². The van der Waals surface area contributed by atoms with E-state index in [0.29, 0.717) is 12.5 Å². The van der Waals surface area contributed by atoms with Gasteiger partial charge in [0.2, 0.25) is 5.95 Å². The van der Waals surface area contributed by atoms with Crippen LogP contribution in [0.4, 0.5) is 5.95 Å². The molecule has 0 amide bonds. The van der Waals surface area contributed by atoms with E-state index in [9.17, 15) is 9.90 Å². The molecule has 0 aromatic carbocycles. The van der Waals surface area contributed by atoms with Crippen LogP contribution in [0, 0.1) is 5.41 Å². The maximum Gasteiger partial charge on any atom is 0.311 e. The second kappa shape index (κ2) is 4.68. The van der Waals surface area contributed by atoms with E-state index < -0.39 is 11.4 Å². The molecule has 1 heterocycles. The minimum absolute atomic E-state index is 0.385. The highest BCUT2D eigenvalue weighted by Crippen LogP contribution is 2.36. The number of hydrogen-bond donors (Lipinski definition) is 2. The van der Waals surface area contributed by atoms with Gasteiger partial charge in [0.25, 0.3) is 0 Å². The summed E-state index contributed by atoms with van der Waals surface area (Å²) in [6.07, 6.45) is 4.53. The van der Waals surface area contributed by atoms with Crippen molar-refractivity contribution in [3.63, 3.8) is 0 Å². The van der Waals surface area contributed by atoms with Crippen molar-refractivity contribution in [2.75, 3.05) is 11.9 Å². The zero-order chi connectivity index (χ0) is 12.3. The van der Waals surface area contributed by atoms with Gasteiger partial charge >= 0.3 is 5.97 Å². The predicted octanol–water partition coefficient (Wildman–Crippen LogP) is 0.657. The molecule has 1 aromatic rings. The summed E-state index contributed by atoms with van der Waals surface area (Å²) in [4.78, 5) is 11.4. The van der Waals surface area contributed by atoms with E-state index in [0.717, 1.165) is 32.1 Å². The molecule has 17 heavy (non-hydrogen) atoms. The Hall–Kier alpha value is -1.66. The normalized spacial score (nSPS) is 18.9. The van der Waals surface area contributed by atoms with Gasteiger partial charge in [0.15, 0.2) is 0 Å². The van der Waals surface area contributed by atoms with Crippen LogP contribution in [0.5, 0.6) is 0 Å². The van der Waals surface area contributed by atoms with Crippen molar-refractivity contribution in [3.05, 3.63) is 0 Å². The first-order valence-electron chi connectivity index (χ1n) is 5.84. The molecular formula is C10H17N5O2. The third-order valence-electron chi connectivity index (χ3n) is 3.47. The summed E-state index contributed by atoms with van der Waals surface area (Å²) >= 11 is 0. The largest absolute Gasteiger partial charge is 0.481 e. The fourth-order valence-corrected chi connectivity index (χ4v) is 2.32. The molecule has 1 saturated carbocycles. The summed E-state index contributed by atoms with van der Waals surface area (Å²) in [6.45, 7) is 0.385. The van der Waals surface area contributed by atoms with Crippen LogP contribution in [0.15, 0.2) is 0 Å². The van der Waals surface area contributed by atoms with Crippen molar-refractivity contribution in [2.24, 2.45) is 12.5 Å². The Morgan fingerprint density at radius 2 is 2.18 bits per heavy atom. The highest BCUT2D eigenvalue weighted by Gasteiger charge is 2.39. The Morgan fingerprint density at radius 1 is 1.47 bits per heavy atom. The number of carboxylic acids is 1. The number of carboxylic acid groups (broad SMARTS) is 1. The van der Waals surface area contributed by atoms with E-state index in [4.69, 9.17) is 0 Å². The quantitative estimate of drug-likeness (QED) is 0.801. The smallest absolute Gasteiger partial charge is 0.311 e. The number of anilines is 1. The second-order valence-corrected chi connectivity index (χ2v) is 4.63. The van der Waals surface area contributed by atoms with Crippen LogP contribution in [0.2, 0.25) is 0 Å². The lowest BCUT2D eigenvalue weighted by molar-refractivity contribution is -0.150. The zero-order valence-electron chi connectivity index (χ0n) is 9.89. The van der Waals surface area contributed by atoms with Crippen LogP contribution in [-0.4, -0.2) is 37.8 Å². The van der Waals surface area contributed by atoms with Crippen LogP contribution in [0.1, 0.15) is 32.1 Å². The van der Waals surface area contributed by atoms with Gasteiger partial charge < -0.3 is 10.4 Å². The molecule has 1 aliphatic rings. The van der Waals surface area contributed by atoms with Crippen molar-refractivity contribution in [2.45, 2.75) is 32.1 Å². The maximum atomic E-state index is 11.4. The van der Waals surface area contributed by atoms with Gasteiger partial charge in [0.05, 0.1) is 5.41 Å². The highest BCUT2D eigenvalue weighted by molar-refractivity contribution is 5.75. The number of aliphatic carboxylic acids is 1.